The quantitative estimate of drug-likeness (QED) is 0.754. The molecule has 0 aromatic carbocycles. The second-order valence-corrected chi connectivity index (χ2v) is 3.33. The van der Waals surface area contributed by atoms with E-state index in [4.69, 9.17) is 5.73 Å². The van der Waals surface area contributed by atoms with E-state index < -0.39 is 0 Å². The van der Waals surface area contributed by atoms with Gasteiger partial charge in [0.05, 0.1) is 18.4 Å². The fourth-order valence-corrected chi connectivity index (χ4v) is 1.44. The number of nitrogen functional groups attached to an aromatic ring is 1. The number of rotatable bonds is 2. The van der Waals surface area contributed by atoms with Crippen molar-refractivity contribution in [3.8, 4) is 0 Å². The van der Waals surface area contributed by atoms with Gasteiger partial charge in [-0.25, -0.2) is 4.68 Å². The van der Waals surface area contributed by atoms with Gasteiger partial charge in [-0.05, 0) is 13.0 Å². The summed E-state index contributed by atoms with van der Waals surface area (Å²) in [5, 5.41) is 8.37. The Morgan fingerprint density at radius 1 is 1.50 bits per heavy atom. The molecular weight excluding hydrogens is 178 g/mol. The van der Waals surface area contributed by atoms with Gasteiger partial charge in [-0.15, -0.1) is 0 Å². The maximum absolute atomic E-state index is 5.72. The van der Waals surface area contributed by atoms with Gasteiger partial charge in [0.2, 0.25) is 0 Å². The number of aryl methyl sites for hydroxylation is 2. The van der Waals surface area contributed by atoms with E-state index in [9.17, 15) is 0 Å². The van der Waals surface area contributed by atoms with Crippen LogP contribution < -0.4 is 5.73 Å². The van der Waals surface area contributed by atoms with Gasteiger partial charge in [-0.3, -0.25) is 4.68 Å². The van der Waals surface area contributed by atoms with Gasteiger partial charge in [0, 0.05) is 18.8 Å². The van der Waals surface area contributed by atoms with Crippen LogP contribution in [0.4, 0.5) is 5.82 Å². The van der Waals surface area contributed by atoms with Crippen molar-refractivity contribution < 1.29 is 0 Å². The first kappa shape index (κ1) is 8.80. The third-order valence-electron chi connectivity index (χ3n) is 2.18. The van der Waals surface area contributed by atoms with Crippen molar-refractivity contribution in [1.29, 1.82) is 0 Å². The largest absolute Gasteiger partial charge is 0.384 e. The topological polar surface area (TPSA) is 61.7 Å². The molecule has 0 fully saturated rings. The normalized spacial score (nSPS) is 10.7. The zero-order valence-electron chi connectivity index (χ0n) is 8.31. The van der Waals surface area contributed by atoms with Gasteiger partial charge < -0.3 is 5.73 Å². The predicted octanol–water partition coefficient (Wildman–Crippen LogP) is 0.556. The summed E-state index contributed by atoms with van der Waals surface area (Å²) < 4.78 is 3.55. The Morgan fingerprint density at radius 2 is 2.29 bits per heavy atom. The van der Waals surface area contributed by atoms with E-state index in [0.717, 1.165) is 11.3 Å². The summed E-state index contributed by atoms with van der Waals surface area (Å²) in [7, 11) is 1.91. The highest BCUT2D eigenvalue weighted by Crippen LogP contribution is 2.09. The Morgan fingerprint density at radius 3 is 2.79 bits per heavy atom. The minimum atomic E-state index is 0.674. The minimum absolute atomic E-state index is 0.674. The summed E-state index contributed by atoms with van der Waals surface area (Å²) in [5.41, 5.74) is 7.88. The van der Waals surface area contributed by atoms with E-state index in [0.29, 0.717) is 12.4 Å². The fraction of sp³-hybridized carbons (Fsp3) is 0.333. The van der Waals surface area contributed by atoms with Crippen LogP contribution in [0.1, 0.15) is 11.3 Å². The molecule has 0 saturated carbocycles. The third kappa shape index (κ3) is 1.48. The summed E-state index contributed by atoms with van der Waals surface area (Å²) >= 11 is 0. The molecule has 0 aliphatic rings. The van der Waals surface area contributed by atoms with E-state index in [2.05, 4.69) is 10.2 Å². The molecule has 0 bridgehead atoms. The van der Waals surface area contributed by atoms with Crippen LogP contribution in [0.15, 0.2) is 18.5 Å². The highest BCUT2D eigenvalue weighted by Gasteiger charge is 2.05. The SMILES string of the molecule is Cc1nn(C)cc1Cn1nccc1N. The van der Waals surface area contributed by atoms with Gasteiger partial charge in [-0.2, -0.15) is 10.2 Å². The first-order valence-corrected chi connectivity index (χ1v) is 4.43. The van der Waals surface area contributed by atoms with Crippen LogP contribution in [0.5, 0.6) is 0 Å². The molecule has 5 nitrogen and oxygen atoms in total. The summed E-state index contributed by atoms with van der Waals surface area (Å²) in [6, 6.07) is 1.78. The molecule has 2 rings (SSSR count). The van der Waals surface area contributed by atoms with Crippen molar-refractivity contribution in [2.75, 3.05) is 5.73 Å². The van der Waals surface area contributed by atoms with Crippen LogP contribution in [0.25, 0.3) is 0 Å². The van der Waals surface area contributed by atoms with Gasteiger partial charge in [-0.1, -0.05) is 0 Å². The van der Waals surface area contributed by atoms with Gasteiger partial charge >= 0.3 is 0 Å². The zero-order chi connectivity index (χ0) is 10.1. The highest BCUT2D eigenvalue weighted by atomic mass is 15.3. The second-order valence-electron chi connectivity index (χ2n) is 3.33. The van der Waals surface area contributed by atoms with Crippen molar-refractivity contribution in [2.24, 2.45) is 7.05 Å². The maximum atomic E-state index is 5.72. The smallest absolute Gasteiger partial charge is 0.122 e. The Labute approximate surface area is 82.1 Å². The second kappa shape index (κ2) is 3.17. The molecular formula is C9H13N5. The third-order valence-corrected chi connectivity index (χ3v) is 2.18. The molecule has 0 saturated heterocycles. The van der Waals surface area contributed by atoms with Gasteiger partial charge in [0.25, 0.3) is 0 Å². The molecule has 0 radical (unpaired) electrons. The molecule has 5 heteroatoms. The molecule has 0 amide bonds. The van der Waals surface area contributed by atoms with E-state index in [1.54, 1.807) is 21.6 Å². The van der Waals surface area contributed by atoms with E-state index in [-0.39, 0.29) is 0 Å². The van der Waals surface area contributed by atoms with Crippen LogP contribution in [-0.4, -0.2) is 19.6 Å². The lowest BCUT2D eigenvalue weighted by molar-refractivity contribution is 0.693. The fourth-order valence-electron chi connectivity index (χ4n) is 1.44. The number of hydrogen-bond donors (Lipinski definition) is 1. The Kier molecular flexibility index (Phi) is 1.99. The van der Waals surface area contributed by atoms with E-state index >= 15 is 0 Å². The van der Waals surface area contributed by atoms with Crippen LogP contribution in [0.3, 0.4) is 0 Å². The zero-order valence-corrected chi connectivity index (χ0v) is 8.31. The lowest BCUT2D eigenvalue weighted by atomic mass is 10.3. The monoisotopic (exact) mass is 191 g/mol. The molecule has 0 spiro atoms. The maximum Gasteiger partial charge on any atom is 0.122 e. The number of hydrogen-bond acceptors (Lipinski definition) is 3. The molecule has 2 N–H and O–H groups in total. The number of aromatic nitrogens is 4. The van der Waals surface area contributed by atoms with Crippen molar-refractivity contribution in [2.45, 2.75) is 13.5 Å². The molecule has 0 atom stereocenters. The van der Waals surface area contributed by atoms with Crippen LogP contribution in [0, 0.1) is 6.92 Å². The van der Waals surface area contributed by atoms with Gasteiger partial charge in [0.1, 0.15) is 5.82 Å². The number of nitrogens with two attached hydrogens (primary N) is 1. The van der Waals surface area contributed by atoms with E-state index in [1.165, 1.54) is 0 Å². The average molecular weight is 191 g/mol. The molecule has 0 aliphatic heterocycles. The van der Waals surface area contributed by atoms with Crippen LogP contribution in [0.2, 0.25) is 0 Å². The van der Waals surface area contributed by atoms with Crippen LogP contribution >= 0.6 is 0 Å². The Bertz CT molecular complexity index is 440. The molecule has 0 aliphatic carbocycles. The van der Waals surface area contributed by atoms with Crippen molar-refractivity contribution in [3.63, 3.8) is 0 Å². The van der Waals surface area contributed by atoms with Crippen LogP contribution in [-0.2, 0) is 13.6 Å². The summed E-state index contributed by atoms with van der Waals surface area (Å²) in [5.74, 6) is 0.674. The number of nitrogens with zero attached hydrogens (tertiary/aromatic N) is 4. The molecule has 0 unspecified atom stereocenters. The Balaban J connectivity index is 2.27. The standard InChI is InChI=1S/C9H13N5/c1-7-8(5-13(2)12-7)6-14-9(10)3-4-11-14/h3-5H,6,10H2,1-2H3. The van der Waals surface area contributed by atoms with Crippen molar-refractivity contribution in [3.05, 3.63) is 29.7 Å². The minimum Gasteiger partial charge on any atom is -0.384 e. The summed E-state index contributed by atoms with van der Waals surface area (Å²) in [6.45, 7) is 2.66. The summed E-state index contributed by atoms with van der Waals surface area (Å²) in [4.78, 5) is 0. The molecule has 14 heavy (non-hydrogen) atoms. The average Bonchev–Trinajstić information content (AvgIpc) is 2.62. The predicted molar refractivity (Wildman–Crippen MR) is 53.7 cm³/mol. The first-order chi connectivity index (χ1) is 6.66. The molecule has 2 aromatic heterocycles. The summed E-state index contributed by atoms with van der Waals surface area (Å²) in [6.07, 6.45) is 3.68. The van der Waals surface area contributed by atoms with Crippen molar-refractivity contribution in [1.82, 2.24) is 19.6 Å². The lowest BCUT2D eigenvalue weighted by Crippen LogP contribution is -2.05. The van der Waals surface area contributed by atoms with Crippen molar-refractivity contribution >= 4 is 5.82 Å². The lowest BCUT2D eigenvalue weighted by Gasteiger charge is -2.01. The number of anilines is 1. The molecule has 2 aromatic rings. The van der Waals surface area contributed by atoms with E-state index in [1.807, 2.05) is 20.2 Å². The first-order valence-electron chi connectivity index (χ1n) is 4.43. The molecule has 2 heterocycles. The van der Waals surface area contributed by atoms with Gasteiger partial charge in [0.15, 0.2) is 0 Å². The molecule has 74 valence electrons. The Hall–Kier alpha value is -1.78. The highest BCUT2D eigenvalue weighted by molar-refractivity contribution is 5.28.